The Morgan fingerprint density at radius 3 is 1.90 bits per heavy atom. The summed E-state index contributed by atoms with van der Waals surface area (Å²) in [6, 6.07) is 0.805. The molecule has 0 heterocycles. The van der Waals surface area contributed by atoms with E-state index in [4.69, 9.17) is 0 Å². The van der Waals surface area contributed by atoms with Crippen molar-refractivity contribution in [3.63, 3.8) is 0 Å². The fourth-order valence-corrected chi connectivity index (χ4v) is 3.87. The number of unbranched alkanes of at least 4 members (excludes halogenated alkanes) is 9. The fourth-order valence-electron chi connectivity index (χ4n) is 3.87. The molecule has 0 aromatic rings. The van der Waals surface area contributed by atoms with Gasteiger partial charge in [0.05, 0.1) is 0 Å². The van der Waals surface area contributed by atoms with E-state index in [9.17, 15) is 0 Å². The average molecular weight is 296 g/mol. The average Bonchev–Trinajstić information content (AvgIpc) is 2.46. The Morgan fingerprint density at radius 1 is 0.762 bits per heavy atom. The molecule has 0 aromatic carbocycles. The molecule has 1 N–H and O–H groups in total. The van der Waals surface area contributed by atoms with Crippen molar-refractivity contribution in [2.45, 2.75) is 110 Å². The van der Waals surface area contributed by atoms with Gasteiger partial charge >= 0.3 is 0 Å². The minimum atomic E-state index is 0.805. The van der Waals surface area contributed by atoms with Crippen molar-refractivity contribution in [2.75, 3.05) is 6.54 Å². The van der Waals surface area contributed by atoms with Gasteiger partial charge in [0.15, 0.2) is 0 Å². The van der Waals surface area contributed by atoms with Crippen LogP contribution in [0, 0.1) is 11.8 Å². The van der Waals surface area contributed by atoms with E-state index >= 15 is 0 Å². The second-order valence-corrected chi connectivity index (χ2v) is 7.64. The first-order valence-corrected chi connectivity index (χ1v) is 9.97. The van der Waals surface area contributed by atoms with E-state index < -0.39 is 0 Å². The summed E-state index contributed by atoms with van der Waals surface area (Å²) in [6.45, 7) is 8.39. The van der Waals surface area contributed by atoms with Crippen molar-refractivity contribution < 1.29 is 0 Å². The van der Waals surface area contributed by atoms with E-state index in [0.717, 1.165) is 17.9 Å². The molecule has 126 valence electrons. The standard InChI is InChI=1S/C20H41N/c1-4-5-6-7-8-9-10-11-12-13-16-21-20-15-14-18(2)17-19(20)3/h18-21H,4-17H2,1-3H3. The molecule has 1 fully saturated rings. The van der Waals surface area contributed by atoms with Crippen LogP contribution in [0.3, 0.4) is 0 Å². The summed E-state index contributed by atoms with van der Waals surface area (Å²) >= 11 is 0. The highest BCUT2D eigenvalue weighted by Crippen LogP contribution is 2.28. The highest BCUT2D eigenvalue weighted by atomic mass is 14.9. The van der Waals surface area contributed by atoms with Crippen molar-refractivity contribution in [3.05, 3.63) is 0 Å². The molecule has 0 spiro atoms. The summed E-state index contributed by atoms with van der Waals surface area (Å²) in [5.74, 6) is 1.84. The molecular weight excluding hydrogens is 254 g/mol. The zero-order valence-electron chi connectivity index (χ0n) is 15.1. The molecule has 1 heteroatoms. The lowest BCUT2D eigenvalue weighted by Gasteiger charge is -2.33. The van der Waals surface area contributed by atoms with Gasteiger partial charge in [-0.1, -0.05) is 78.6 Å². The summed E-state index contributed by atoms with van der Waals surface area (Å²) in [4.78, 5) is 0. The topological polar surface area (TPSA) is 12.0 Å². The predicted octanol–water partition coefficient (Wildman–Crippen LogP) is 6.32. The number of rotatable bonds is 12. The Labute approximate surface area is 134 Å². The van der Waals surface area contributed by atoms with Crippen LogP contribution in [0.15, 0.2) is 0 Å². The highest BCUT2D eigenvalue weighted by Gasteiger charge is 2.24. The molecular formula is C20H41N. The van der Waals surface area contributed by atoms with Crippen LogP contribution >= 0.6 is 0 Å². The van der Waals surface area contributed by atoms with Crippen LogP contribution in [-0.4, -0.2) is 12.6 Å². The smallest absolute Gasteiger partial charge is 0.00928 e. The van der Waals surface area contributed by atoms with Crippen molar-refractivity contribution in [2.24, 2.45) is 11.8 Å². The lowest BCUT2D eigenvalue weighted by atomic mass is 9.80. The van der Waals surface area contributed by atoms with E-state index in [1.54, 1.807) is 0 Å². The first-order valence-electron chi connectivity index (χ1n) is 9.97. The lowest BCUT2D eigenvalue weighted by Crippen LogP contribution is -2.39. The van der Waals surface area contributed by atoms with Gasteiger partial charge in [0.1, 0.15) is 0 Å². The van der Waals surface area contributed by atoms with E-state index in [2.05, 4.69) is 26.1 Å². The molecule has 3 atom stereocenters. The fraction of sp³-hybridized carbons (Fsp3) is 1.00. The van der Waals surface area contributed by atoms with E-state index in [-0.39, 0.29) is 0 Å². The van der Waals surface area contributed by atoms with Crippen molar-refractivity contribution in [3.8, 4) is 0 Å². The summed E-state index contributed by atoms with van der Waals surface area (Å²) in [5.41, 5.74) is 0. The second-order valence-electron chi connectivity index (χ2n) is 7.64. The summed E-state index contributed by atoms with van der Waals surface area (Å²) in [7, 11) is 0. The quantitative estimate of drug-likeness (QED) is 0.415. The largest absolute Gasteiger partial charge is 0.314 e. The Hall–Kier alpha value is -0.0400. The minimum absolute atomic E-state index is 0.805. The van der Waals surface area contributed by atoms with Crippen molar-refractivity contribution >= 4 is 0 Å². The van der Waals surface area contributed by atoms with Crippen LogP contribution in [0.1, 0.15) is 104 Å². The monoisotopic (exact) mass is 295 g/mol. The van der Waals surface area contributed by atoms with Crippen molar-refractivity contribution in [1.82, 2.24) is 5.32 Å². The maximum Gasteiger partial charge on any atom is 0.00928 e. The van der Waals surface area contributed by atoms with Crippen molar-refractivity contribution in [1.29, 1.82) is 0 Å². The van der Waals surface area contributed by atoms with Gasteiger partial charge in [-0.15, -0.1) is 0 Å². The number of nitrogens with one attached hydrogen (secondary N) is 1. The predicted molar refractivity (Wildman–Crippen MR) is 95.8 cm³/mol. The molecule has 1 saturated carbocycles. The van der Waals surface area contributed by atoms with Gasteiger partial charge in [0, 0.05) is 6.04 Å². The molecule has 0 radical (unpaired) electrons. The summed E-state index contributed by atoms with van der Waals surface area (Å²) in [6.07, 6.45) is 18.6. The minimum Gasteiger partial charge on any atom is -0.314 e. The SMILES string of the molecule is CCCCCCCCCCCCNC1CCC(C)CC1C. The van der Waals surface area contributed by atoms with Crippen LogP contribution < -0.4 is 5.32 Å². The molecule has 1 aliphatic rings. The van der Waals surface area contributed by atoms with Crippen LogP contribution in [0.25, 0.3) is 0 Å². The molecule has 0 aromatic heterocycles. The molecule has 1 aliphatic carbocycles. The molecule has 0 bridgehead atoms. The Balaban J connectivity index is 1.82. The molecule has 1 nitrogen and oxygen atoms in total. The van der Waals surface area contributed by atoms with Gasteiger partial charge < -0.3 is 5.32 Å². The van der Waals surface area contributed by atoms with Gasteiger partial charge in [-0.3, -0.25) is 0 Å². The van der Waals surface area contributed by atoms with Gasteiger partial charge in [-0.2, -0.15) is 0 Å². The van der Waals surface area contributed by atoms with E-state index in [1.165, 1.54) is 90.0 Å². The Kier molecular flexibility index (Phi) is 11.3. The highest BCUT2D eigenvalue weighted by molar-refractivity contribution is 4.80. The number of hydrogen-bond acceptors (Lipinski definition) is 1. The summed E-state index contributed by atoms with van der Waals surface area (Å²) < 4.78 is 0. The molecule has 1 rings (SSSR count). The van der Waals surface area contributed by atoms with Gasteiger partial charge in [0.25, 0.3) is 0 Å². The maximum absolute atomic E-state index is 3.82. The van der Waals surface area contributed by atoms with E-state index in [0.29, 0.717) is 0 Å². The van der Waals surface area contributed by atoms with E-state index in [1.807, 2.05) is 0 Å². The van der Waals surface area contributed by atoms with Gasteiger partial charge in [-0.25, -0.2) is 0 Å². The zero-order chi connectivity index (χ0) is 15.3. The normalized spacial score (nSPS) is 26.1. The molecule has 0 saturated heterocycles. The van der Waals surface area contributed by atoms with Gasteiger partial charge in [0.2, 0.25) is 0 Å². The molecule has 0 aliphatic heterocycles. The third-order valence-electron chi connectivity index (χ3n) is 5.37. The Bertz CT molecular complexity index is 226. The first-order chi connectivity index (χ1) is 10.2. The van der Waals surface area contributed by atoms with Crippen LogP contribution in [0.4, 0.5) is 0 Å². The third kappa shape index (κ3) is 9.55. The second kappa shape index (κ2) is 12.5. The molecule has 21 heavy (non-hydrogen) atoms. The summed E-state index contributed by atoms with van der Waals surface area (Å²) in [5, 5.41) is 3.82. The third-order valence-corrected chi connectivity index (χ3v) is 5.37. The van der Waals surface area contributed by atoms with Crippen LogP contribution in [-0.2, 0) is 0 Å². The first kappa shape index (κ1) is 19.0. The Morgan fingerprint density at radius 2 is 1.33 bits per heavy atom. The number of hydrogen-bond donors (Lipinski definition) is 1. The van der Waals surface area contributed by atoms with Crippen LogP contribution in [0.2, 0.25) is 0 Å². The lowest BCUT2D eigenvalue weighted by molar-refractivity contribution is 0.228. The zero-order valence-corrected chi connectivity index (χ0v) is 15.1. The van der Waals surface area contributed by atoms with Gasteiger partial charge in [-0.05, 0) is 44.1 Å². The maximum atomic E-state index is 3.82. The van der Waals surface area contributed by atoms with Crippen LogP contribution in [0.5, 0.6) is 0 Å². The molecule has 0 amide bonds. The molecule has 3 unspecified atom stereocenters.